The van der Waals surface area contributed by atoms with Gasteiger partial charge in [0.15, 0.2) is 0 Å². The normalized spacial score (nSPS) is 28.0. The molecule has 3 saturated carbocycles. The van der Waals surface area contributed by atoms with Crippen molar-refractivity contribution in [1.29, 1.82) is 0 Å². The lowest BCUT2D eigenvalue weighted by Gasteiger charge is -2.36. The molecule has 0 spiro atoms. The molecule has 0 aromatic heterocycles. The molecule has 0 aromatic rings. The standard InChI is InChI=1S/C20H36N2O/c23-22-20(17-12-6-2-7-13-17)19(16-10-4-1-5-11-16)21-18-14-8-3-9-15-18/h16-18,20,22-23H,1-15H2. The van der Waals surface area contributed by atoms with E-state index in [9.17, 15) is 5.21 Å². The Bertz CT molecular complexity index is 364. The molecule has 0 saturated heterocycles. The summed E-state index contributed by atoms with van der Waals surface area (Å²) < 4.78 is 0. The summed E-state index contributed by atoms with van der Waals surface area (Å²) in [6, 6.07) is 0.653. The Kier molecular flexibility index (Phi) is 6.94. The third kappa shape index (κ3) is 4.79. The van der Waals surface area contributed by atoms with E-state index >= 15 is 0 Å². The lowest BCUT2D eigenvalue weighted by Crippen LogP contribution is -2.46. The van der Waals surface area contributed by atoms with Crippen LogP contribution in [0.25, 0.3) is 0 Å². The molecule has 3 rings (SSSR count). The fourth-order valence-corrected chi connectivity index (χ4v) is 5.14. The van der Waals surface area contributed by atoms with Crippen LogP contribution in [-0.4, -0.2) is 23.0 Å². The summed E-state index contributed by atoms with van der Waals surface area (Å²) in [6.45, 7) is 0. The van der Waals surface area contributed by atoms with Gasteiger partial charge < -0.3 is 5.21 Å². The average molecular weight is 321 g/mol. The average Bonchev–Trinajstić information content (AvgIpc) is 2.64. The Morgan fingerprint density at radius 1 is 0.739 bits per heavy atom. The SMILES string of the molecule is ONC(C(=NC1CCCCC1)C1CCCCC1)C1CCCCC1. The van der Waals surface area contributed by atoms with Crippen molar-refractivity contribution < 1.29 is 5.21 Å². The van der Waals surface area contributed by atoms with Crippen LogP contribution in [0.3, 0.4) is 0 Å². The monoisotopic (exact) mass is 320 g/mol. The number of hydrogen-bond acceptors (Lipinski definition) is 3. The highest BCUT2D eigenvalue weighted by Gasteiger charge is 2.33. The number of hydroxylamine groups is 1. The molecule has 23 heavy (non-hydrogen) atoms. The minimum Gasteiger partial charge on any atom is -0.316 e. The number of aliphatic imine (C=N–C) groups is 1. The number of nitrogens with one attached hydrogen (secondary N) is 1. The van der Waals surface area contributed by atoms with Crippen molar-refractivity contribution in [3.8, 4) is 0 Å². The van der Waals surface area contributed by atoms with Crippen LogP contribution in [0.15, 0.2) is 4.99 Å². The zero-order chi connectivity index (χ0) is 15.9. The summed E-state index contributed by atoms with van der Waals surface area (Å²) >= 11 is 0. The van der Waals surface area contributed by atoms with Gasteiger partial charge in [-0.3, -0.25) is 4.99 Å². The second-order valence-corrected chi connectivity index (χ2v) is 8.19. The fraction of sp³-hybridized carbons (Fsp3) is 0.950. The maximum absolute atomic E-state index is 9.98. The molecule has 3 aliphatic rings. The third-order valence-electron chi connectivity index (χ3n) is 6.51. The predicted octanol–water partition coefficient (Wildman–Crippen LogP) is 5.27. The molecular weight excluding hydrogens is 284 g/mol. The molecule has 0 aromatic carbocycles. The van der Waals surface area contributed by atoms with E-state index < -0.39 is 0 Å². The van der Waals surface area contributed by atoms with Gasteiger partial charge in [0.05, 0.1) is 6.04 Å². The molecule has 132 valence electrons. The highest BCUT2D eigenvalue weighted by atomic mass is 16.5. The van der Waals surface area contributed by atoms with Crippen LogP contribution in [0.1, 0.15) is 96.3 Å². The van der Waals surface area contributed by atoms with Crippen molar-refractivity contribution in [3.63, 3.8) is 0 Å². The van der Waals surface area contributed by atoms with Crippen molar-refractivity contribution in [2.75, 3.05) is 0 Å². The van der Waals surface area contributed by atoms with Crippen molar-refractivity contribution >= 4 is 5.71 Å². The van der Waals surface area contributed by atoms with Crippen molar-refractivity contribution in [2.45, 2.75) is 108 Å². The van der Waals surface area contributed by atoms with Gasteiger partial charge in [0.2, 0.25) is 0 Å². The summed E-state index contributed by atoms with van der Waals surface area (Å²) in [5.41, 5.74) is 4.08. The molecule has 3 fully saturated rings. The minimum atomic E-state index is 0.125. The van der Waals surface area contributed by atoms with E-state index in [0.29, 0.717) is 17.9 Å². The highest BCUT2D eigenvalue weighted by Crippen LogP contribution is 2.33. The summed E-state index contributed by atoms with van der Waals surface area (Å²) in [5.74, 6) is 1.22. The van der Waals surface area contributed by atoms with E-state index in [1.807, 2.05) is 0 Å². The Labute approximate surface area is 142 Å². The number of hydrogen-bond donors (Lipinski definition) is 2. The van der Waals surface area contributed by atoms with Gasteiger partial charge in [-0.15, -0.1) is 0 Å². The second-order valence-electron chi connectivity index (χ2n) is 8.19. The van der Waals surface area contributed by atoms with Gasteiger partial charge >= 0.3 is 0 Å². The fourth-order valence-electron chi connectivity index (χ4n) is 5.14. The minimum absolute atomic E-state index is 0.125. The maximum atomic E-state index is 9.98. The number of nitrogens with zero attached hydrogens (tertiary/aromatic N) is 1. The van der Waals surface area contributed by atoms with Crippen LogP contribution < -0.4 is 5.48 Å². The molecule has 1 atom stereocenters. The van der Waals surface area contributed by atoms with Gasteiger partial charge in [-0.2, -0.15) is 5.48 Å². The van der Waals surface area contributed by atoms with Gasteiger partial charge in [-0.1, -0.05) is 57.8 Å². The van der Waals surface area contributed by atoms with Gasteiger partial charge in [0.25, 0.3) is 0 Å². The molecule has 2 N–H and O–H groups in total. The molecule has 0 heterocycles. The van der Waals surface area contributed by atoms with E-state index in [1.54, 1.807) is 0 Å². The molecule has 0 radical (unpaired) electrons. The van der Waals surface area contributed by atoms with Crippen LogP contribution in [0.5, 0.6) is 0 Å². The zero-order valence-corrected chi connectivity index (χ0v) is 14.8. The molecule has 1 unspecified atom stereocenters. The van der Waals surface area contributed by atoms with Crippen molar-refractivity contribution in [1.82, 2.24) is 5.48 Å². The van der Waals surface area contributed by atoms with E-state index in [1.165, 1.54) is 102 Å². The summed E-state index contributed by atoms with van der Waals surface area (Å²) in [7, 11) is 0. The van der Waals surface area contributed by atoms with Gasteiger partial charge in [0.1, 0.15) is 0 Å². The first-order valence-corrected chi connectivity index (χ1v) is 10.4. The van der Waals surface area contributed by atoms with Crippen LogP contribution in [0.2, 0.25) is 0 Å². The van der Waals surface area contributed by atoms with Crippen LogP contribution in [0.4, 0.5) is 0 Å². The van der Waals surface area contributed by atoms with E-state index in [2.05, 4.69) is 5.48 Å². The summed E-state index contributed by atoms with van der Waals surface area (Å²) in [6.07, 6.45) is 19.8. The van der Waals surface area contributed by atoms with Crippen molar-refractivity contribution in [3.05, 3.63) is 0 Å². The van der Waals surface area contributed by atoms with Gasteiger partial charge in [0, 0.05) is 11.8 Å². The van der Waals surface area contributed by atoms with Crippen LogP contribution in [0, 0.1) is 11.8 Å². The zero-order valence-electron chi connectivity index (χ0n) is 14.8. The first kappa shape index (κ1) is 17.4. The van der Waals surface area contributed by atoms with Gasteiger partial charge in [-0.05, 0) is 50.4 Å². The molecule has 3 heteroatoms. The number of rotatable bonds is 5. The second kappa shape index (κ2) is 9.17. The van der Waals surface area contributed by atoms with E-state index in [-0.39, 0.29) is 6.04 Å². The summed E-state index contributed by atoms with van der Waals surface area (Å²) in [5, 5.41) is 9.98. The lowest BCUT2D eigenvalue weighted by molar-refractivity contribution is 0.110. The quantitative estimate of drug-likeness (QED) is 0.535. The predicted molar refractivity (Wildman–Crippen MR) is 96.2 cm³/mol. The van der Waals surface area contributed by atoms with Crippen LogP contribution >= 0.6 is 0 Å². The Balaban J connectivity index is 1.77. The largest absolute Gasteiger partial charge is 0.316 e. The molecular formula is C20H36N2O. The first-order chi connectivity index (χ1) is 11.4. The molecule has 3 nitrogen and oxygen atoms in total. The Morgan fingerprint density at radius 3 is 1.83 bits per heavy atom. The molecule has 0 bridgehead atoms. The highest BCUT2D eigenvalue weighted by molar-refractivity contribution is 5.92. The van der Waals surface area contributed by atoms with E-state index in [4.69, 9.17) is 4.99 Å². The van der Waals surface area contributed by atoms with Crippen molar-refractivity contribution in [2.24, 2.45) is 16.8 Å². The smallest absolute Gasteiger partial charge is 0.0728 e. The third-order valence-corrected chi connectivity index (χ3v) is 6.51. The Hall–Kier alpha value is -0.410. The molecule has 3 aliphatic carbocycles. The molecule has 0 amide bonds. The molecule has 0 aliphatic heterocycles. The topological polar surface area (TPSA) is 44.6 Å². The maximum Gasteiger partial charge on any atom is 0.0728 e. The van der Waals surface area contributed by atoms with E-state index in [0.717, 1.165) is 0 Å². The van der Waals surface area contributed by atoms with Gasteiger partial charge in [-0.25, -0.2) is 0 Å². The lowest BCUT2D eigenvalue weighted by atomic mass is 9.76. The summed E-state index contributed by atoms with van der Waals surface area (Å²) in [4.78, 5) is 5.30. The van der Waals surface area contributed by atoms with Crippen LogP contribution in [-0.2, 0) is 0 Å². The first-order valence-electron chi connectivity index (χ1n) is 10.4. The Morgan fingerprint density at radius 2 is 1.26 bits per heavy atom.